The molecule has 2 aromatic rings. The van der Waals surface area contributed by atoms with Crippen molar-refractivity contribution in [1.29, 1.82) is 5.26 Å². The highest BCUT2D eigenvalue weighted by molar-refractivity contribution is 8.09. The minimum absolute atomic E-state index is 0.168. The number of nitriles is 1. The van der Waals surface area contributed by atoms with E-state index in [1.54, 1.807) is 5.06 Å². The van der Waals surface area contributed by atoms with Gasteiger partial charge in [0.15, 0.2) is 5.72 Å². The third-order valence-corrected chi connectivity index (χ3v) is 7.28. The maximum absolute atomic E-state index is 9.22. The zero-order valence-electron chi connectivity index (χ0n) is 16.0. The van der Waals surface area contributed by atoms with E-state index in [2.05, 4.69) is 30.3 Å². The first-order valence-electron chi connectivity index (χ1n) is 9.92. The molecule has 3 aliphatic rings. The molecule has 3 unspecified atom stereocenters. The standard InChI is InChI=1S/C23H22N4OS/c24-14-17-8-4-9-18(12-17)21-13-19-20(29-21)10-5-11-23(19)26-22(25)27(28-23)15-16-6-2-1-3-7-16/h1-4,6-9,12-13,19-20H,5,10-11,15H2,(H2,25,26). The quantitative estimate of drug-likeness (QED) is 0.830. The molecule has 146 valence electrons. The van der Waals surface area contributed by atoms with Gasteiger partial charge in [0.1, 0.15) is 0 Å². The van der Waals surface area contributed by atoms with Crippen molar-refractivity contribution in [2.24, 2.45) is 16.6 Å². The Bertz CT molecular complexity index is 1030. The lowest BCUT2D eigenvalue weighted by Crippen LogP contribution is -2.45. The summed E-state index contributed by atoms with van der Waals surface area (Å²) in [5, 5.41) is 11.4. The van der Waals surface area contributed by atoms with Gasteiger partial charge in [-0.05, 0) is 36.1 Å². The zero-order valence-corrected chi connectivity index (χ0v) is 16.8. The van der Waals surface area contributed by atoms with Crippen LogP contribution in [0.1, 0.15) is 36.0 Å². The van der Waals surface area contributed by atoms with Crippen LogP contribution in [0.25, 0.3) is 4.91 Å². The van der Waals surface area contributed by atoms with Gasteiger partial charge in [0.25, 0.3) is 0 Å². The van der Waals surface area contributed by atoms with Gasteiger partial charge >= 0.3 is 0 Å². The number of nitrogens with two attached hydrogens (primary N) is 1. The average Bonchev–Trinajstić information content (AvgIpc) is 3.32. The fourth-order valence-electron chi connectivity index (χ4n) is 4.44. The number of guanidine groups is 1. The first-order valence-corrected chi connectivity index (χ1v) is 10.8. The molecule has 2 aliphatic heterocycles. The fraction of sp³-hybridized carbons (Fsp3) is 0.304. The van der Waals surface area contributed by atoms with E-state index in [4.69, 9.17) is 15.6 Å². The molecule has 0 aromatic heterocycles. The lowest BCUT2D eigenvalue weighted by atomic mass is 9.81. The number of thioether (sulfide) groups is 1. The van der Waals surface area contributed by atoms with Gasteiger partial charge in [-0.15, -0.1) is 11.8 Å². The van der Waals surface area contributed by atoms with Crippen molar-refractivity contribution in [3.63, 3.8) is 0 Å². The van der Waals surface area contributed by atoms with E-state index >= 15 is 0 Å². The molecule has 5 nitrogen and oxygen atoms in total. The molecule has 3 atom stereocenters. The van der Waals surface area contributed by atoms with Crippen molar-refractivity contribution in [3.05, 3.63) is 77.4 Å². The lowest BCUT2D eigenvalue weighted by Gasteiger charge is -2.38. The van der Waals surface area contributed by atoms with Gasteiger partial charge in [-0.25, -0.2) is 14.9 Å². The van der Waals surface area contributed by atoms with Crippen LogP contribution in [0.3, 0.4) is 0 Å². The highest BCUT2D eigenvalue weighted by Gasteiger charge is 2.53. The maximum Gasteiger partial charge on any atom is 0.219 e. The predicted octanol–water partition coefficient (Wildman–Crippen LogP) is 4.27. The number of nitrogens with zero attached hydrogens (tertiary/aromatic N) is 3. The molecule has 0 saturated heterocycles. The number of fused-ring (bicyclic) bond motifs is 2. The number of benzene rings is 2. The Morgan fingerprint density at radius 2 is 2.10 bits per heavy atom. The summed E-state index contributed by atoms with van der Waals surface area (Å²) in [4.78, 5) is 12.5. The van der Waals surface area contributed by atoms with Crippen molar-refractivity contribution in [2.75, 3.05) is 0 Å². The van der Waals surface area contributed by atoms with Crippen molar-refractivity contribution in [3.8, 4) is 6.07 Å². The molecule has 6 heteroatoms. The van der Waals surface area contributed by atoms with Crippen LogP contribution in [0.4, 0.5) is 0 Å². The van der Waals surface area contributed by atoms with Crippen molar-refractivity contribution in [1.82, 2.24) is 5.06 Å². The molecular weight excluding hydrogens is 380 g/mol. The smallest absolute Gasteiger partial charge is 0.219 e. The third kappa shape index (κ3) is 3.31. The Balaban J connectivity index is 1.42. The Kier molecular flexibility index (Phi) is 4.57. The minimum Gasteiger partial charge on any atom is -0.368 e. The molecule has 1 saturated carbocycles. The van der Waals surface area contributed by atoms with Crippen LogP contribution >= 0.6 is 11.8 Å². The fourth-order valence-corrected chi connectivity index (χ4v) is 5.98. The van der Waals surface area contributed by atoms with Gasteiger partial charge in [0.05, 0.1) is 18.2 Å². The first-order chi connectivity index (χ1) is 14.2. The predicted molar refractivity (Wildman–Crippen MR) is 115 cm³/mol. The van der Waals surface area contributed by atoms with Crippen molar-refractivity contribution >= 4 is 22.6 Å². The molecule has 2 N–H and O–H groups in total. The Hall–Kier alpha value is -2.75. The zero-order chi connectivity index (χ0) is 19.8. The summed E-state index contributed by atoms with van der Waals surface area (Å²) in [6.45, 7) is 0.587. The summed E-state index contributed by atoms with van der Waals surface area (Å²) in [5.41, 5.74) is 8.58. The van der Waals surface area contributed by atoms with Crippen LogP contribution < -0.4 is 5.73 Å². The minimum atomic E-state index is -0.622. The highest BCUT2D eigenvalue weighted by Crippen LogP contribution is 2.54. The van der Waals surface area contributed by atoms with Gasteiger partial charge in [-0.3, -0.25) is 0 Å². The maximum atomic E-state index is 9.22. The van der Waals surface area contributed by atoms with Gasteiger partial charge in [0, 0.05) is 22.5 Å². The van der Waals surface area contributed by atoms with E-state index in [1.165, 1.54) is 4.91 Å². The number of hydroxylamine groups is 2. The molecule has 29 heavy (non-hydrogen) atoms. The van der Waals surface area contributed by atoms with E-state index in [1.807, 2.05) is 48.2 Å². The number of rotatable bonds is 3. The van der Waals surface area contributed by atoms with Crippen LogP contribution in [-0.2, 0) is 11.4 Å². The lowest BCUT2D eigenvalue weighted by molar-refractivity contribution is -0.209. The summed E-state index contributed by atoms with van der Waals surface area (Å²) in [5.74, 6) is 0.620. The summed E-state index contributed by atoms with van der Waals surface area (Å²) in [6, 6.07) is 20.2. The van der Waals surface area contributed by atoms with Gasteiger partial charge in [-0.1, -0.05) is 48.5 Å². The molecule has 1 aliphatic carbocycles. The summed E-state index contributed by atoms with van der Waals surface area (Å²) in [6.07, 6.45) is 5.34. The van der Waals surface area contributed by atoms with Crippen LogP contribution in [0.2, 0.25) is 0 Å². The molecule has 0 radical (unpaired) electrons. The highest BCUT2D eigenvalue weighted by atomic mass is 32.2. The molecule has 1 fully saturated rings. The molecule has 1 spiro atoms. The molecule has 0 bridgehead atoms. The van der Waals surface area contributed by atoms with E-state index in [0.717, 1.165) is 30.4 Å². The number of aliphatic imine (C=N–C) groups is 1. The van der Waals surface area contributed by atoms with Crippen molar-refractivity contribution < 1.29 is 4.84 Å². The van der Waals surface area contributed by atoms with E-state index in [9.17, 15) is 5.26 Å². The summed E-state index contributed by atoms with van der Waals surface area (Å²) in [7, 11) is 0. The van der Waals surface area contributed by atoms with Crippen LogP contribution in [-0.4, -0.2) is 22.0 Å². The van der Waals surface area contributed by atoms with Crippen LogP contribution in [0.15, 0.2) is 65.7 Å². The van der Waals surface area contributed by atoms with Gasteiger partial charge in [-0.2, -0.15) is 5.26 Å². The van der Waals surface area contributed by atoms with E-state index < -0.39 is 5.72 Å². The van der Waals surface area contributed by atoms with Gasteiger partial charge in [0.2, 0.25) is 5.96 Å². The summed E-state index contributed by atoms with van der Waals surface area (Å²) < 4.78 is 0. The van der Waals surface area contributed by atoms with Gasteiger partial charge < -0.3 is 5.73 Å². The number of hydrogen-bond donors (Lipinski definition) is 1. The normalized spacial score (nSPS) is 28.0. The first kappa shape index (κ1) is 18.3. The molecule has 0 amide bonds. The van der Waals surface area contributed by atoms with Crippen LogP contribution in [0.5, 0.6) is 0 Å². The van der Waals surface area contributed by atoms with E-state index in [-0.39, 0.29) is 5.92 Å². The second kappa shape index (κ2) is 7.25. The monoisotopic (exact) mass is 402 g/mol. The van der Waals surface area contributed by atoms with E-state index in [0.29, 0.717) is 23.3 Å². The Morgan fingerprint density at radius 1 is 1.24 bits per heavy atom. The second-order valence-corrected chi connectivity index (χ2v) is 9.01. The topological polar surface area (TPSA) is 74.6 Å². The molecule has 5 rings (SSSR count). The molecule has 2 heterocycles. The van der Waals surface area contributed by atoms with Crippen LogP contribution in [0, 0.1) is 17.2 Å². The molecular formula is C23H22N4OS. The second-order valence-electron chi connectivity index (χ2n) is 7.73. The SMILES string of the molecule is N#Cc1cccc(C2=CC3C(CCCC34N=C(N)N(Cc3ccccc3)O4)S2)c1. The molecule has 2 aromatic carbocycles. The summed E-state index contributed by atoms with van der Waals surface area (Å²) >= 11 is 1.88. The van der Waals surface area contributed by atoms with Crippen molar-refractivity contribution in [2.45, 2.75) is 36.8 Å². The number of hydrogen-bond acceptors (Lipinski definition) is 6. The largest absolute Gasteiger partial charge is 0.368 e. The third-order valence-electron chi connectivity index (χ3n) is 5.83. The Morgan fingerprint density at radius 3 is 2.93 bits per heavy atom. The average molecular weight is 403 g/mol. The Labute approximate surface area is 174 Å².